The molecule has 2 heteroatoms. The number of aryl methyl sites for hydroxylation is 1. The van der Waals surface area contributed by atoms with Gasteiger partial charge >= 0.3 is 5.97 Å². The number of ether oxygens (including phenoxy) is 1. The minimum Gasteiger partial charge on any atom is -0.458 e. The molecule has 1 rings (SSSR count). The predicted octanol–water partition coefficient (Wildman–Crippen LogP) is 2.74. The van der Waals surface area contributed by atoms with E-state index in [9.17, 15) is 4.79 Å². The van der Waals surface area contributed by atoms with E-state index in [-0.39, 0.29) is 12.6 Å². The van der Waals surface area contributed by atoms with Gasteiger partial charge in [-0.15, -0.1) is 0 Å². The van der Waals surface area contributed by atoms with Gasteiger partial charge in [-0.25, -0.2) is 4.79 Å². The zero-order valence-corrected chi connectivity index (χ0v) is 8.77. The van der Waals surface area contributed by atoms with E-state index in [4.69, 9.17) is 4.74 Å². The highest BCUT2D eigenvalue weighted by molar-refractivity contribution is 5.87. The Labute approximate surface area is 89.9 Å². The van der Waals surface area contributed by atoms with Gasteiger partial charge in [-0.05, 0) is 24.1 Å². The third kappa shape index (κ3) is 3.81. The normalized spacial score (nSPS) is 10.2. The summed E-state index contributed by atoms with van der Waals surface area (Å²) >= 11 is 0. The minimum absolute atomic E-state index is 0.247. The molecule has 0 aliphatic rings. The van der Waals surface area contributed by atoms with Crippen molar-refractivity contribution in [3.05, 3.63) is 54.1 Å². The maximum Gasteiger partial charge on any atom is 0.331 e. The summed E-state index contributed by atoms with van der Waals surface area (Å²) in [4.78, 5) is 11.1. The molecule has 0 bridgehead atoms. The van der Waals surface area contributed by atoms with Crippen LogP contribution in [0.5, 0.6) is 0 Å². The Kier molecular flexibility index (Phi) is 4.35. The van der Waals surface area contributed by atoms with E-state index in [0.29, 0.717) is 0 Å². The second-order valence-corrected chi connectivity index (χ2v) is 3.11. The van der Waals surface area contributed by atoms with Crippen LogP contribution in [0.15, 0.2) is 43.0 Å². The van der Waals surface area contributed by atoms with Gasteiger partial charge in [0, 0.05) is 6.08 Å². The van der Waals surface area contributed by atoms with Gasteiger partial charge in [-0.2, -0.15) is 0 Å². The molecule has 78 valence electrons. The molecule has 0 aromatic heterocycles. The average molecular weight is 202 g/mol. The van der Waals surface area contributed by atoms with E-state index < -0.39 is 0 Å². The molecule has 0 heterocycles. The number of hydrogen-bond acceptors (Lipinski definition) is 2. The number of carbonyl (C=O) groups excluding carboxylic acids is 1. The van der Waals surface area contributed by atoms with Crippen LogP contribution in [0.2, 0.25) is 0 Å². The molecule has 0 N–H and O–H groups in total. The van der Waals surface area contributed by atoms with Gasteiger partial charge in [-0.3, -0.25) is 0 Å². The SMILES string of the molecule is C=CCOC(=O)/C=C/c1ccccc1C. The summed E-state index contributed by atoms with van der Waals surface area (Å²) in [5.74, 6) is -0.349. The summed E-state index contributed by atoms with van der Waals surface area (Å²) < 4.78 is 4.81. The lowest BCUT2D eigenvalue weighted by atomic mass is 10.1. The number of esters is 1. The molecular formula is C13H14O2. The largest absolute Gasteiger partial charge is 0.458 e. The van der Waals surface area contributed by atoms with Crippen LogP contribution in [-0.2, 0) is 9.53 Å². The van der Waals surface area contributed by atoms with E-state index in [1.807, 2.05) is 31.2 Å². The van der Waals surface area contributed by atoms with Gasteiger partial charge in [-0.1, -0.05) is 36.9 Å². The molecule has 0 atom stereocenters. The van der Waals surface area contributed by atoms with Crippen molar-refractivity contribution in [2.75, 3.05) is 6.61 Å². The Balaban J connectivity index is 2.61. The molecule has 0 unspecified atom stereocenters. The van der Waals surface area contributed by atoms with Gasteiger partial charge in [0.2, 0.25) is 0 Å². The summed E-state index contributed by atoms with van der Waals surface area (Å²) in [5.41, 5.74) is 2.15. The van der Waals surface area contributed by atoms with Gasteiger partial charge in [0.05, 0.1) is 0 Å². The minimum atomic E-state index is -0.349. The molecule has 0 saturated heterocycles. The van der Waals surface area contributed by atoms with Gasteiger partial charge < -0.3 is 4.74 Å². The standard InChI is InChI=1S/C13H14O2/c1-3-10-15-13(14)9-8-12-7-5-4-6-11(12)2/h3-9H,1,10H2,2H3/b9-8+. The van der Waals surface area contributed by atoms with Crippen molar-refractivity contribution in [3.63, 3.8) is 0 Å². The van der Waals surface area contributed by atoms with E-state index in [0.717, 1.165) is 11.1 Å². The number of carbonyl (C=O) groups is 1. The van der Waals surface area contributed by atoms with Crippen molar-refractivity contribution in [2.24, 2.45) is 0 Å². The van der Waals surface area contributed by atoms with Crippen LogP contribution in [0.1, 0.15) is 11.1 Å². The molecule has 0 saturated carbocycles. The zero-order chi connectivity index (χ0) is 11.1. The smallest absolute Gasteiger partial charge is 0.331 e. The Morgan fingerprint density at radius 2 is 2.20 bits per heavy atom. The van der Waals surface area contributed by atoms with E-state index in [1.165, 1.54) is 6.08 Å². The fraction of sp³-hybridized carbons (Fsp3) is 0.154. The van der Waals surface area contributed by atoms with E-state index in [1.54, 1.807) is 12.2 Å². The van der Waals surface area contributed by atoms with Crippen LogP contribution >= 0.6 is 0 Å². The number of benzene rings is 1. The summed E-state index contributed by atoms with van der Waals surface area (Å²) in [6, 6.07) is 7.84. The van der Waals surface area contributed by atoms with Crippen molar-refractivity contribution < 1.29 is 9.53 Å². The first kappa shape index (κ1) is 11.2. The van der Waals surface area contributed by atoms with Gasteiger partial charge in [0.25, 0.3) is 0 Å². The van der Waals surface area contributed by atoms with Crippen molar-refractivity contribution in [1.82, 2.24) is 0 Å². The first-order valence-electron chi connectivity index (χ1n) is 4.75. The van der Waals surface area contributed by atoms with Crippen LogP contribution in [0, 0.1) is 6.92 Å². The third-order valence-electron chi connectivity index (χ3n) is 1.93. The van der Waals surface area contributed by atoms with Crippen molar-refractivity contribution in [3.8, 4) is 0 Å². The molecule has 1 aromatic rings. The highest BCUT2D eigenvalue weighted by Crippen LogP contribution is 2.08. The lowest BCUT2D eigenvalue weighted by Gasteiger charge is -1.98. The first-order valence-corrected chi connectivity index (χ1v) is 4.75. The molecule has 1 aromatic carbocycles. The summed E-state index contributed by atoms with van der Waals surface area (Å²) in [5, 5.41) is 0. The molecule has 0 aliphatic carbocycles. The van der Waals surface area contributed by atoms with E-state index >= 15 is 0 Å². The maximum atomic E-state index is 11.1. The molecule has 0 spiro atoms. The summed E-state index contributed by atoms with van der Waals surface area (Å²) in [6.45, 7) is 5.71. The summed E-state index contributed by atoms with van der Waals surface area (Å²) in [6.07, 6.45) is 4.71. The Morgan fingerprint density at radius 1 is 1.47 bits per heavy atom. The topological polar surface area (TPSA) is 26.3 Å². The molecule has 0 radical (unpaired) electrons. The van der Waals surface area contributed by atoms with Gasteiger partial charge in [0.1, 0.15) is 6.61 Å². The van der Waals surface area contributed by atoms with Crippen LogP contribution in [0.25, 0.3) is 6.08 Å². The maximum absolute atomic E-state index is 11.1. The Morgan fingerprint density at radius 3 is 2.87 bits per heavy atom. The molecule has 2 nitrogen and oxygen atoms in total. The zero-order valence-electron chi connectivity index (χ0n) is 8.77. The highest BCUT2D eigenvalue weighted by atomic mass is 16.5. The average Bonchev–Trinajstić information content (AvgIpc) is 2.25. The third-order valence-corrected chi connectivity index (χ3v) is 1.93. The highest BCUT2D eigenvalue weighted by Gasteiger charge is 1.95. The predicted molar refractivity (Wildman–Crippen MR) is 61.4 cm³/mol. The van der Waals surface area contributed by atoms with Crippen LogP contribution in [-0.4, -0.2) is 12.6 Å². The second-order valence-electron chi connectivity index (χ2n) is 3.11. The van der Waals surface area contributed by atoms with Crippen molar-refractivity contribution in [2.45, 2.75) is 6.92 Å². The van der Waals surface area contributed by atoms with Crippen LogP contribution in [0.4, 0.5) is 0 Å². The molecular weight excluding hydrogens is 188 g/mol. The van der Waals surface area contributed by atoms with Gasteiger partial charge in [0.15, 0.2) is 0 Å². The monoisotopic (exact) mass is 202 g/mol. The fourth-order valence-electron chi connectivity index (χ4n) is 1.12. The number of rotatable bonds is 4. The van der Waals surface area contributed by atoms with Crippen molar-refractivity contribution in [1.29, 1.82) is 0 Å². The van der Waals surface area contributed by atoms with Crippen LogP contribution < -0.4 is 0 Å². The quantitative estimate of drug-likeness (QED) is 0.426. The van der Waals surface area contributed by atoms with E-state index in [2.05, 4.69) is 6.58 Å². The Bertz CT molecular complexity index is 378. The number of hydrogen-bond donors (Lipinski definition) is 0. The second kappa shape index (κ2) is 5.81. The lowest BCUT2D eigenvalue weighted by Crippen LogP contribution is -1.99. The fourth-order valence-corrected chi connectivity index (χ4v) is 1.12. The van der Waals surface area contributed by atoms with Crippen LogP contribution in [0.3, 0.4) is 0 Å². The molecule has 0 fully saturated rings. The summed E-state index contributed by atoms with van der Waals surface area (Å²) in [7, 11) is 0. The first-order chi connectivity index (χ1) is 7.24. The molecule has 15 heavy (non-hydrogen) atoms. The molecule has 0 aliphatic heterocycles. The van der Waals surface area contributed by atoms with Crippen molar-refractivity contribution >= 4 is 12.0 Å². The lowest BCUT2D eigenvalue weighted by molar-refractivity contribution is -0.136. The Hall–Kier alpha value is -1.83. The molecule has 0 amide bonds.